The molecule has 0 aliphatic rings. The number of rotatable bonds is 6. The molecular weight excluding hydrogens is 369 g/mol. The fourth-order valence-electron chi connectivity index (χ4n) is 1.66. The second-order valence-electron chi connectivity index (χ2n) is 4.40. The first-order valence-corrected chi connectivity index (χ1v) is 10.4. The second-order valence-corrected chi connectivity index (χ2v) is 8.89. The minimum atomic E-state index is -0.395. The van der Waals surface area contributed by atoms with E-state index >= 15 is 0 Å². The summed E-state index contributed by atoms with van der Waals surface area (Å²) in [5.74, 6) is 0. The van der Waals surface area contributed by atoms with E-state index in [1.165, 1.54) is 9.23 Å². The van der Waals surface area contributed by atoms with Crippen molar-refractivity contribution in [2.45, 2.75) is 18.6 Å². The molecule has 0 spiro atoms. The Labute approximate surface area is 140 Å². The Kier molecular flexibility index (Phi) is 6.62. The normalized spacial score (nSPS) is 11.0. The van der Waals surface area contributed by atoms with Gasteiger partial charge in [-0.25, -0.2) is 0 Å². The molecule has 0 saturated heterocycles. The molecule has 1 heterocycles. The van der Waals surface area contributed by atoms with Gasteiger partial charge in [0, 0.05) is 0 Å². The van der Waals surface area contributed by atoms with Gasteiger partial charge in [0.25, 0.3) is 0 Å². The molecule has 21 heavy (non-hydrogen) atoms. The van der Waals surface area contributed by atoms with Crippen molar-refractivity contribution < 1.29 is 9.53 Å². The third-order valence-electron chi connectivity index (χ3n) is 2.66. The summed E-state index contributed by atoms with van der Waals surface area (Å²) in [5.41, 5.74) is 0.769. The summed E-state index contributed by atoms with van der Waals surface area (Å²) in [6.45, 7) is 2.41. The van der Waals surface area contributed by atoms with E-state index in [0.29, 0.717) is 6.61 Å². The monoisotopic (exact) mass is 385 g/mol. The van der Waals surface area contributed by atoms with Crippen LogP contribution in [-0.2, 0) is 9.95 Å². The molecule has 112 valence electrons. The van der Waals surface area contributed by atoms with Crippen LogP contribution in [0.25, 0.3) is 0 Å². The van der Waals surface area contributed by atoms with Gasteiger partial charge in [-0.3, -0.25) is 0 Å². The Bertz CT molecular complexity index is 586. The van der Waals surface area contributed by atoms with E-state index < -0.39 is 6.09 Å². The molecule has 6 heteroatoms. The van der Waals surface area contributed by atoms with Crippen molar-refractivity contribution in [1.82, 2.24) is 0 Å². The summed E-state index contributed by atoms with van der Waals surface area (Å²) in [6, 6.07) is 12.0. The second kappa shape index (κ2) is 8.47. The van der Waals surface area contributed by atoms with Crippen LogP contribution in [0.1, 0.15) is 18.2 Å². The van der Waals surface area contributed by atoms with E-state index in [2.05, 4.69) is 23.5 Å². The zero-order chi connectivity index (χ0) is 15.1. The number of carbonyl (C=O) groups is 1. The van der Waals surface area contributed by atoms with E-state index in [-0.39, 0.29) is 15.8 Å². The van der Waals surface area contributed by atoms with Crippen molar-refractivity contribution in [2.75, 3.05) is 11.9 Å². The van der Waals surface area contributed by atoms with Gasteiger partial charge in [-0.15, -0.1) is 0 Å². The Hall–Kier alpha value is -0.962. The van der Waals surface area contributed by atoms with Crippen molar-refractivity contribution in [3.8, 4) is 0 Å². The molecule has 1 amide bonds. The van der Waals surface area contributed by atoms with Gasteiger partial charge in [0.2, 0.25) is 0 Å². The Morgan fingerprint density at radius 2 is 2.05 bits per heavy atom. The molecule has 0 saturated carbocycles. The molecule has 3 nitrogen and oxygen atoms in total. The van der Waals surface area contributed by atoms with E-state index in [9.17, 15) is 4.79 Å². The van der Waals surface area contributed by atoms with Crippen LogP contribution in [0.15, 0.2) is 36.4 Å². The summed E-state index contributed by atoms with van der Waals surface area (Å²) in [6.07, 6.45) is 0.429. The van der Waals surface area contributed by atoms with Gasteiger partial charge >= 0.3 is 140 Å². The average Bonchev–Trinajstić information content (AvgIpc) is 2.90. The maximum atomic E-state index is 11.4. The van der Waals surface area contributed by atoms with E-state index in [1.807, 2.05) is 25.1 Å². The fourth-order valence-corrected chi connectivity index (χ4v) is 5.33. The number of ether oxygens (including phenoxy) is 1. The topological polar surface area (TPSA) is 38.3 Å². The average molecular weight is 386 g/mol. The SMILES string of the molecule is CCCOC(=O)Nc1ccc([AsH]Cc2ccc(Cl)s2)cc1. The molecule has 1 aromatic carbocycles. The van der Waals surface area contributed by atoms with E-state index in [1.54, 1.807) is 11.3 Å². The molecule has 2 aromatic rings. The summed E-state index contributed by atoms with van der Waals surface area (Å²) < 4.78 is 7.18. The van der Waals surface area contributed by atoms with Gasteiger partial charge in [-0.1, -0.05) is 0 Å². The van der Waals surface area contributed by atoms with Crippen LogP contribution in [0.4, 0.5) is 10.5 Å². The molecular formula is C15H17AsClNO2S. The first-order valence-electron chi connectivity index (χ1n) is 6.69. The fraction of sp³-hybridized carbons (Fsp3) is 0.267. The Balaban J connectivity index is 1.82. The number of hydrogen-bond donors (Lipinski definition) is 1. The van der Waals surface area contributed by atoms with Crippen LogP contribution < -0.4 is 9.67 Å². The zero-order valence-electron chi connectivity index (χ0n) is 11.7. The van der Waals surface area contributed by atoms with Crippen molar-refractivity contribution in [1.29, 1.82) is 0 Å². The molecule has 1 aromatic heterocycles. The van der Waals surface area contributed by atoms with Crippen LogP contribution >= 0.6 is 22.9 Å². The van der Waals surface area contributed by atoms with Crippen LogP contribution in [0, 0.1) is 0 Å². The number of hydrogen-bond acceptors (Lipinski definition) is 3. The minimum absolute atomic E-state index is 0.215. The van der Waals surface area contributed by atoms with Gasteiger partial charge in [-0.05, 0) is 0 Å². The number of thiophene rings is 1. The number of benzene rings is 1. The first-order chi connectivity index (χ1) is 10.2. The summed E-state index contributed by atoms with van der Waals surface area (Å²) >= 11 is 7.36. The van der Waals surface area contributed by atoms with Gasteiger partial charge in [0.15, 0.2) is 0 Å². The number of anilines is 1. The summed E-state index contributed by atoms with van der Waals surface area (Å²) in [4.78, 5) is 12.8. The molecule has 0 aliphatic heterocycles. The number of amides is 1. The summed E-state index contributed by atoms with van der Waals surface area (Å²) in [5, 5.41) is 3.82. The molecule has 2 rings (SSSR count). The van der Waals surface area contributed by atoms with Crippen LogP contribution in [-0.4, -0.2) is 28.5 Å². The number of nitrogens with one attached hydrogen (secondary N) is 1. The van der Waals surface area contributed by atoms with Crippen LogP contribution in [0.3, 0.4) is 0 Å². The number of carbonyl (C=O) groups excluding carboxylic acids is 1. The Morgan fingerprint density at radius 3 is 2.67 bits per heavy atom. The standard InChI is InChI=1S/C15H17AsClNO2S/c1-2-9-20-15(19)18-12-5-3-11(4-6-12)16-10-13-7-8-14(17)21-13/h3-8,16H,2,9-10H2,1H3,(H,18,19). The van der Waals surface area contributed by atoms with Crippen LogP contribution in [0.2, 0.25) is 4.34 Å². The van der Waals surface area contributed by atoms with Gasteiger partial charge < -0.3 is 0 Å². The van der Waals surface area contributed by atoms with Crippen LogP contribution in [0.5, 0.6) is 0 Å². The molecule has 1 N–H and O–H groups in total. The number of halogens is 1. The zero-order valence-corrected chi connectivity index (χ0v) is 15.4. The van der Waals surface area contributed by atoms with E-state index in [0.717, 1.165) is 21.7 Å². The third kappa shape index (κ3) is 5.74. The quantitative estimate of drug-likeness (QED) is 0.771. The molecule has 0 bridgehead atoms. The predicted octanol–water partition coefficient (Wildman–Crippen LogP) is 3.62. The third-order valence-corrected chi connectivity index (χ3v) is 7.16. The van der Waals surface area contributed by atoms with Crippen molar-refractivity contribution >= 4 is 54.8 Å². The molecule has 0 radical (unpaired) electrons. The maximum absolute atomic E-state index is 11.4. The molecule has 0 aliphatic carbocycles. The van der Waals surface area contributed by atoms with Gasteiger partial charge in [-0.2, -0.15) is 0 Å². The molecule has 1 atom stereocenters. The Morgan fingerprint density at radius 1 is 1.29 bits per heavy atom. The first kappa shape index (κ1) is 16.4. The molecule has 0 fully saturated rings. The van der Waals surface area contributed by atoms with Gasteiger partial charge in [0.05, 0.1) is 0 Å². The van der Waals surface area contributed by atoms with Crippen molar-refractivity contribution in [3.05, 3.63) is 45.6 Å². The van der Waals surface area contributed by atoms with Crippen molar-refractivity contribution in [2.24, 2.45) is 0 Å². The molecule has 1 unspecified atom stereocenters. The van der Waals surface area contributed by atoms with E-state index in [4.69, 9.17) is 16.3 Å². The van der Waals surface area contributed by atoms with Crippen molar-refractivity contribution in [3.63, 3.8) is 0 Å². The van der Waals surface area contributed by atoms with Gasteiger partial charge in [0.1, 0.15) is 0 Å². The summed E-state index contributed by atoms with van der Waals surface area (Å²) in [7, 11) is 0. The predicted molar refractivity (Wildman–Crippen MR) is 91.5 cm³/mol.